The number of hydrogen-bond donors (Lipinski definition) is 0. The third kappa shape index (κ3) is 3.48. The van der Waals surface area contributed by atoms with E-state index in [4.69, 9.17) is 0 Å². The van der Waals surface area contributed by atoms with Crippen LogP contribution in [-0.2, 0) is 11.2 Å². The van der Waals surface area contributed by atoms with Gasteiger partial charge in [-0.1, -0.05) is 24.3 Å². The van der Waals surface area contributed by atoms with Gasteiger partial charge in [0.15, 0.2) is 5.69 Å². The van der Waals surface area contributed by atoms with Crippen LogP contribution < -0.4 is 0 Å². The van der Waals surface area contributed by atoms with Crippen molar-refractivity contribution in [3.63, 3.8) is 0 Å². The number of aromatic nitrogens is 4. The first-order valence-corrected chi connectivity index (χ1v) is 9.14. The van der Waals surface area contributed by atoms with Gasteiger partial charge in [0.05, 0.1) is 17.8 Å². The van der Waals surface area contributed by atoms with E-state index < -0.39 is 0 Å². The molecule has 0 atom stereocenters. The predicted molar refractivity (Wildman–Crippen MR) is 101 cm³/mol. The molecule has 8 nitrogen and oxygen atoms in total. The van der Waals surface area contributed by atoms with Gasteiger partial charge >= 0.3 is 0 Å². The van der Waals surface area contributed by atoms with Gasteiger partial charge in [0.25, 0.3) is 5.91 Å². The van der Waals surface area contributed by atoms with Gasteiger partial charge in [-0.2, -0.15) is 9.90 Å². The van der Waals surface area contributed by atoms with E-state index in [9.17, 15) is 9.59 Å². The van der Waals surface area contributed by atoms with Crippen LogP contribution in [0, 0.1) is 6.92 Å². The van der Waals surface area contributed by atoms with Crippen molar-refractivity contribution in [3.8, 4) is 5.69 Å². The molecule has 0 saturated carbocycles. The van der Waals surface area contributed by atoms with Crippen molar-refractivity contribution in [1.29, 1.82) is 0 Å². The molecule has 2 aromatic heterocycles. The Morgan fingerprint density at radius 3 is 2.54 bits per heavy atom. The fraction of sp³-hybridized carbons (Fsp3) is 0.250. The van der Waals surface area contributed by atoms with Crippen molar-refractivity contribution in [2.24, 2.45) is 0 Å². The highest BCUT2D eigenvalue weighted by atomic mass is 16.2. The summed E-state index contributed by atoms with van der Waals surface area (Å²) in [7, 11) is 0. The van der Waals surface area contributed by atoms with Crippen LogP contribution in [0.15, 0.2) is 54.9 Å². The van der Waals surface area contributed by atoms with Gasteiger partial charge in [-0.3, -0.25) is 19.6 Å². The summed E-state index contributed by atoms with van der Waals surface area (Å²) in [4.78, 5) is 31.3. The second kappa shape index (κ2) is 7.59. The quantitative estimate of drug-likeness (QED) is 0.693. The van der Waals surface area contributed by atoms with Gasteiger partial charge in [-0.25, -0.2) is 5.01 Å². The molecule has 3 heterocycles. The van der Waals surface area contributed by atoms with Crippen LogP contribution in [-0.4, -0.2) is 54.9 Å². The fourth-order valence-electron chi connectivity index (χ4n) is 3.23. The van der Waals surface area contributed by atoms with Crippen molar-refractivity contribution >= 4 is 11.8 Å². The number of amides is 2. The Morgan fingerprint density at radius 2 is 1.79 bits per heavy atom. The van der Waals surface area contributed by atoms with E-state index in [1.54, 1.807) is 25.4 Å². The minimum absolute atomic E-state index is 0.132. The molecule has 1 aromatic carbocycles. The zero-order valence-corrected chi connectivity index (χ0v) is 15.5. The molecule has 28 heavy (non-hydrogen) atoms. The second-order valence-electron chi connectivity index (χ2n) is 6.60. The van der Waals surface area contributed by atoms with Gasteiger partial charge in [-0.15, -0.1) is 5.10 Å². The Kier molecular flexibility index (Phi) is 4.84. The molecule has 0 aliphatic carbocycles. The first-order valence-electron chi connectivity index (χ1n) is 9.14. The number of carbonyl (C=O) groups is 2. The lowest BCUT2D eigenvalue weighted by Gasteiger charge is -2.27. The highest BCUT2D eigenvalue weighted by Crippen LogP contribution is 2.18. The normalized spacial score (nSPS) is 13.8. The molecule has 2 amide bonds. The zero-order valence-electron chi connectivity index (χ0n) is 15.5. The van der Waals surface area contributed by atoms with E-state index in [2.05, 4.69) is 15.2 Å². The summed E-state index contributed by atoms with van der Waals surface area (Å²) >= 11 is 0. The van der Waals surface area contributed by atoms with Crippen molar-refractivity contribution < 1.29 is 9.59 Å². The fourth-order valence-corrected chi connectivity index (χ4v) is 3.23. The molecule has 142 valence electrons. The zero-order chi connectivity index (χ0) is 19.5. The van der Waals surface area contributed by atoms with E-state index in [1.807, 2.05) is 36.4 Å². The topological polar surface area (TPSA) is 84.2 Å². The number of aryl methyl sites for hydroxylation is 1. The summed E-state index contributed by atoms with van der Waals surface area (Å²) in [5, 5.41) is 11.7. The standard InChI is InChI=1S/C20H20N6O2/c1-15-19(23-26(22-15)17-8-3-2-4-9-17)20(28)25-12-6-11-24(25)18(27)13-16-7-5-10-21-14-16/h2-5,7-10,14H,6,11-13H2,1H3. The monoisotopic (exact) mass is 376 g/mol. The number of carbonyl (C=O) groups excluding carboxylic acids is 2. The maximum absolute atomic E-state index is 13.1. The summed E-state index contributed by atoms with van der Waals surface area (Å²) < 4.78 is 0. The average Bonchev–Trinajstić information content (AvgIpc) is 3.36. The Morgan fingerprint density at radius 1 is 1.00 bits per heavy atom. The van der Waals surface area contributed by atoms with Gasteiger partial charge < -0.3 is 0 Å². The number of benzene rings is 1. The molecule has 1 aliphatic heterocycles. The van der Waals surface area contributed by atoms with Crippen LogP contribution in [0.4, 0.5) is 0 Å². The lowest BCUT2D eigenvalue weighted by atomic mass is 10.2. The van der Waals surface area contributed by atoms with Crippen LogP contribution in [0.3, 0.4) is 0 Å². The second-order valence-corrected chi connectivity index (χ2v) is 6.60. The van der Waals surface area contributed by atoms with E-state index in [0.29, 0.717) is 18.8 Å². The highest BCUT2D eigenvalue weighted by molar-refractivity contribution is 5.95. The summed E-state index contributed by atoms with van der Waals surface area (Å²) in [6.07, 6.45) is 4.26. The predicted octanol–water partition coefficient (Wildman–Crippen LogP) is 1.80. The number of hydrazine groups is 1. The summed E-state index contributed by atoms with van der Waals surface area (Å²) in [5.41, 5.74) is 2.37. The van der Waals surface area contributed by atoms with Gasteiger partial charge in [0.1, 0.15) is 0 Å². The third-order valence-electron chi connectivity index (χ3n) is 4.60. The molecular weight excluding hydrogens is 356 g/mol. The first kappa shape index (κ1) is 17.8. The number of rotatable bonds is 4. The number of nitrogens with zero attached hydrogens (tertiary/aromatic N) is 6. The van der Waals surface area contributed by atoms with Gasteiger partial charge in [0, 0.05) is 25.5 Å². The Balaban J connectivity index is 1.54. The molecule has 8 heteroatoms. The summed E-state index contributed by atoms with van der Waals surface area (Å²) in [6.45, 7) is 2.74. The van der Waals surface area contributed by atoms with Crippen molar-refractivity contribution in [2.75, 3.05) is 13.1 Å². The highest BCUT2D eigenvalue weighted by Gasteiger charge is 2.33. The molecule has 0 N–H and O–H groups in total. The minimum Gasteiger partial charge on any atom is -0.273 e. The van der Waals surface area contributed by atoms with Gasteiger partial charge in [0.2, 0.25) is 5.91 Å². The van der Waals surface area contributed by atoms with Crippen molar-refractivity contribution in [3.05, 3.63) is 71.8 Å². The molecule has 1 saturated heterocycles. The lowest BCUT2D eigenvalue weighted by molar-refractivity contribution is -0.139. The summed E-state index contributed by atoms with van der Waals surface area (Å²) in [5.74, 6) is -0.441. The van der Waals surface area contributed by atoms with E-state index in [-0.39, 0.29) is 23.9 Å². The molecule has 1 fully saturated rings. The van der Waals surface area contributed by atoms with E-state index in [0.717, 1.165) is 17.7 Å². The largest absolute Gasteiger partial charge is 0.294 e. The Bertz CT molecular complexity index is 986. The minimum atomic E-state index is -0.309. The van der Waals surface area contributed by atoms with Crippen LogP contribution >= 0.6 is 0 Å². The van der Waals surface area contributed by atoms with Crippen molar-refractivity contribution in [2.45, 2.75) is 19.8 Å². The molecule has 1 aliphatic rings. The Labute approximate surface area is 162 Å². The molecule has 0 spiro atoms. The van der Waals surface area contributed by atoms with E-state index >= 15 is 0 Å². The smallest absolute Gasteiger partial charge is 0.273 e. The van der Waals surface area contributed by atoms with Crippen LogP contribution in [0.1, 0.15) is 28.2 Å². The third-order valence-corrected chi connectivity index (χ3v) is 4.60. The first-order chi connectivity index (χ1) is 13.6. The average molecular weight is 376 g/mol. The molecule has 4 rings (SSSR count). The molecular formula is C20H20N6O2. The summed E-state index contributed by atoms with van der Waals surface area (Å²) in [6, 6.07) is 13.1. The van der Waals surface area contributed by atoms with Crippen LogP contribution in [0.25, 0.3) is 5.69 Å². The maximum Gasteiger partial charge on any atom is 0.294 e. The lowest BCUT2D eigenvalue weighted by Crippen LogP contribution is -2.45. The molecule has 0 radical (unpaired) electrons. The molecule has 3 aromatic rings. The molecule has 0 bridgehead atoms. The number of hydrogen-bond acceptors (Lipinski definition) is 5. The van der Waals surface area contributed by atoms with E-state index in [1.165, 1.54) is 14.8 Å². The SMILES string of the molecule is Cc1nn(-c2ccccc2)nc1C(=O)N1CCCN1C(=O)Cc1cccnc1. The van der Waals surface area contributed by atoms with Crippen molar-refractivity contribution in [1.82, 2.24) is 30.0 Å². The number of para-hydroxylation sites is 1. The Hall–Kier alpha value is -3.55. The van der Waals surface area contributed by atoms with Crippen LogP contribution in [0.5, 0.6) is 0 Å². The molecule has 0 unspecified atom stereocenters. The number of pyridine rings is 1. The maximum atomic E-state index is 13.1. The van der Waals surface area contributed by atoms with Gasteiger partial charge in [-0.05, 0) is 37.1 Å². The van der Waals surface area contributed by atoms with Crippen LogP contribution in [0.2, 0.25) is 0 Å².